The highest BCUT2D eigenvalue weighted by molar-refractivity contribution is 5.96. The average Bonchev–Trinajstić information content (AvgIpc) is 3.21. The van der Waals surface area contributed by atoms with E-state index in [-0.39, 0.29) is 34.7 Å². The Hall–Kier alpha value is -3.55. The normalized spacial score (nSPS) is 12.1. The van der Waals surface area contributed by atoms with Crippen molar-refractivity contribution in [2.45, 2.75) is 0 Å². The lowest BCUT2D eigenvalue weighted by Gasteiger charge is -2.13. The van der Waals surface area contributed by atoms with Gasteiger partial charge in [-0.25, -0.2) is 0 Å². The molecule has 0 amide bonds. The van der Waals surface area contributed by atoms with E-state index in [1.165, 1.54) is 27.6 Å². The molecule has 0 fully saturated rings. The highest BCUT2D eigenvalue weighted by Crippen LogP contribution is 2.52. The van der Waals surface area contributed by atoms with Crippen LogP contribution in [0.25, 0.3) is 22.1 Å². The van der Waals surface area contributed by atoms with E-state index in [2.05, 4.69) is 0 Å². The van der Waals surface area contributed by atoms with Crippen LogP contribution >= 0.6 is 0 Å². The van der Waals surface area contributed by atoms with Crippen LogP contribution < -0.4 is 33.8 Å². The van der Waals surface area contributed by atoms with E-state index in [0.29, 0.717) is 34.1 Å². The molecular weight excluding hydrogens is 368 g/mol. The minimum Gasteiger partial charge on any atom is -0.493 e. The molecule has 0 spiro atoms. The lowest BCUT2D eigenvalue weighted by molar-refractivity contribution is 0.169. The fourth-order valence-corrected chi connectivity index (χ4v) is 3.26. The monoisotopic (exact) mass is 386 g/mol. The van der Waals surface area contributed by atoms with E-state index in [1.54, 1.807) is 25.3 Å². The molecule has 3 aromatic rings. The van der Waals surface area contributed by atoms with Gasteiger partial charge < -0.3 is 32.8 Å². The van der Waals surface area contributed by atoms with Gasteiger partial charge in [-0.15, -0.1) is 0 Å². The zero-order valence-corrected chi connectivity index (χ0v) is 15.8. The molecule has 0 atom stereocenters. The maximum absolute atomic E-state index is 13.4. The van der Waals surface area contributed by atoms with Gasteiger partial charge in [-0.3, -0.25) is 4.79 Å². The Morgan fingerprint density at radius 1 is 0.857 bits per heavy atom. The Bertz CT molecular complexity index is 1120. The Kier molecular flexibility index (Phi) is 4.38. The molecule has 1 aromatic heterocycles. The van der Waals surface area contributed by atoms with Gasteiger partial charge in [0.25, 0.3) is 0 Å². The van der Waals surface area contributed by atoms with Gasteiger partial charge >= 0.3 is 0 Å². The minimum atomic E-state index is -0.304. The van der Waals surface area contributed by atoms with Gasteiger partial charge in [0, 0.05) is 0 Å². The maximum atomic E-state index is 13.4. The highest BCUT2D eigenvalue weighted by atomic mass is 16.7. The van der Waals surface area contributed by atoms with Gasteiger partial charge in [-0.05, 0) is 17.7 Å². The average molecular weight is 386 g/mol. The molecule has 2 heterocycles. The van der Waals surface area contributed by atoms with Crippen LogP contribution in [0.2, 0.25) is 0 Å². The fourth-order valence-electron chi connectivity index (χ4n) is 3.26. The SMILES string of the molecule is COc1ccc(-c2coc3c(OC)c4c(c(OC)c3c2=O)OCO4)cc1OC. The van der Waals surface area contributed by atoms with Crippen LogP contribution in [0.4, 0.5) is 0 Å². The molecule has 2 aromatic carbocycles. The second kappa shape index (κ2) is 6.88. The number of hydrogen-bond acceptors (Lipinski definition) is 8. The summed E-state index contributed by atoms with van der Waals surface area (Å²) in [7, 11) is 5.98. The van der Waals surface area contributed by atoms with Crippen LogP contribution in [0.15, 0.2) is 33.7 Å². The molecule has 0 unspecified atom stereocenters. The maximum Gasteiger partial charge on any atom is 0.231 e. The smallest absolute Gasteiger partial charge is 0.231 e. The predicted octanol–water partition coefficient (Wildman–Crippen LogP) is 3.22. The van der Waals surface area contributed by atoms with E-state index in [4.69, 9.17) is 32.8 Å². The number of benzene rings is 2. The van der Waals surface area contributed by atoms with Gasteiger partial charge in [0.2, 0.25) is 29.5 Å². The van der Waals surface area contributed by atoms with Crippen molar-refractivity contribution in [2.24, 2.45) is 0 Å². The van der Waals surface area contributed by atoms with Crippen LogP contribution in [-0.4, -0.2) is 35.2 Å². The van der Waals surface area contributed by atoms with Gasteiger partial charge in [0.05, 0.1) is 34.0 Å². The quantitative estimate of drug-likeness (QED) is 0.661. The van der Waals surface area contributed by atoms with Crippen molar-refractivity contribution in [3.63, 3.8) is 0 Å². The van der Waals surface area contributed by atoms with Crippen LogP contribution in [0.1, 0.15) is 0 Å². The second-order valence-corrected chi connectivity index (χ2v) is 5.88. The van der Waals surface area contributed by atoms with Crippen LogP contribution in [-0.2, 0) is 0 Å². The van der Waals surface area contributed by atoms with Crippen molar-refractivity contribution < 1.29 is 32.8 Å². The zero-order chi connectivity index (χ0) is 19.8. The molecule has 146 valence electrons. The van der Waals surface area contributed by atoms with E-state index in [9.17, 15) is 4.79 Å². The van der Waals surface area contributed by atoms with Gasteiger partial charge in [0.15, 0.2) is 22.8 Å². The molecular formula is C20H18O8. The summed E-state index contributed by atoms with van der Waals surface area (Å²) in [5.41, 5.74) is 0.847. The molecule has 0 radical (unpaired) electrons. The summed E-state index contributed by atoms with van der Waals surface area (Å²) in [6, 6.07) is 5.17. The summed E-state index contributed by atoms with van der Waals surface area (Å²) < 4.78 is 38.2. The number of fused-ring (bicyclic) bond motifs is 2. The third-order valence-electron chi connectivity index (χ3n) is 4.55. The summed E-state index contributed by atoms with van der Waals surface area (Å²) in [5.74, 6) is 2.21. The van der Waals surface area contributed by atoms with E-state index >= 15 is 0 Å². The zero-order valence-electron chi connectivity index (χ0n) is 15.8. The first-order chi connectivity index (χ1) is 13.6. The molecule has 1 aliphatic rings. The second-order valence-electron chi connectivity index (χ2n) is 5.88. The third kappa shape index (κ3) is 2.49. The lowest BCUT2D eigenvalue weighted by Crippen LogP contribution is -2.08. The van der Waals surface area contributed by atoms with Crippen LogP contribution in [0.3, 0.4) is 0 Å². The van der Waals surface area contributed by atoms with Gasteiger partial charge in [-0.1, -0.05) is 6.07 Å². The lowest BCUT2D eigenvalue weighted by atomic mass is 10.0. The first-order valence-electron chi connectivity index (χ1n) is 8.36. The Labute approximate surface area is 160 Å². The topological polar surface area (TPSA) is 85.6 Å². The van der Waals surface area contributed by atoms with Crippen molar-refractivity contribution >= 4 is 11.0 Å². The molecule has 0 N–H and O–H groups in total. The standard InChI is InChI=1S/C20H18O8/c1-22-12-6-5-10(7-13(12)23-2)11-8-26-17-14(15(11)21)16(24-3)19-20(18(17)25-4)28-9-27-19/h5-8H,9H2,1-4H3. The summed E-state index contributed by atoms with van der Waals surface area (Å²) in [6.45, 7) is -0.00486. The molecule has 8 heteroatoms. The Morgan fingerprint density at radius 2 is 1.54 bits per heavy atom. The molecule has 0 aliphatic carbocycles. The fraction of sp³-hybridized carbons (Fsp3) is 0.250. The van der Waals surface area contributed by atoms with E-state index in [1.807, 2.05) is 0 Å². The van der Waals surface area contributed by atoms with Gasteiger partial charge in [-0.2, -0.15) is 0 Å². The van der Waals surface area contributed by atoms with Gasteiger partial charge in [0.1, 0.15) is 11.6 Å². The van der Waals surface area contributed by atoms with Crippen molar-refractivity contribution in [2.75, 3.05) is 35.2 Å². The van der Waals surface area contributed by atoms with Crippen LogP contribution in [0.5, 0.6) is 34.5 Å². The summed E-state index contributed by atoms with van der Waals surface area (Å²) in [6.07, 6.45) is 1.37. The number of rotatable bonds is 5. The van der Waals surface area contributed by atoms with Crippen molar-refractivity contribution in [3.8, 4) is 45.6 Å². The third-order valence-corrected chi connectivity index (χ3v) is 4.55. The Morgan fingerprint density at radius 3 is 2.18 bits per heavy atom. The summed E-state index contributed by atoms with van der Waals surface area (Å²) in [4.78, 5) is 13.4. The first kappa shape index (κ1) is 17.8. The van der Waals surface area contributed by atoms with Crippen molar-refractivity contribution in [1.82, 2.24) is 0 Å². The molecule has 0 saturated heterocycles. The van der Waals surface area contributed by atoms with Crippen molar-refractivity contribution in [1.29, 1.82) is 0 Å². The molecule has 8 nitrogen and oxygen atoms in total. The minimum absolute atomic E-state index is 0.00486. The molecule has 1 aliphatic heterocycles. The molecule has 28 heavy (non-hydrogen) atoms. The Balaban J connectivity index is 2.03. The number of methoxy groups -OCH3 is 4. The largest absolute Gasteiger partial charge is 0.493 e. The summed E-state index contributed by atoms with van der Waals surface area (Å²) in [5, 5.41) is 0.205. The molecule has 4 rings (SSSR count). The first-order valence-corrected chi connectivity index (χ1v) is 8.36. The number of ether oxygens (including phenoxy) is 6. The van der Waals surface area contributed by atoms with Crippen LogP contribution in [0, 0.1) is 0 Å². The molecule has 0 bridgehead atoms. The highest BCUT2D eigenvalue weighted by Gasteiger charge is 2.31. The van der Waals surface area contributed by atoms with Crippen molar-refractivity contribution in [3.05, 3.63) is 34.7 Å². The van der Waals surface area contributed by atoms with E-state index < -0.39 is 0 Å². The summed E-state index contributed by atoms with van der Waals surface area (Å²) >= 11 is 0. The number of hydrogen-bond donors (Lipinski definition) is 0. The van der Waals surface area contributed by atoms with E-state index in [0.717, 1.165) is 0 Å². The molecule has 0 saturated carbocycles. The predicted molar refractivity (Wildman–Crippen MR) is 100 cm³/mol.